The summed E-state index contributed by atoms with van der Waals surface area (Å²) in [6.07, 6.45) is 0.566. The summed E-state index contributed by atoms with van der Waals surface area (Å²) < 4.78 is 47.8. The highest BCUT2D eigenvalue weighted by Crippen LogP contribution is 2.32. The normalized spacial score (nSPS) is 16.5. The highest BCUT2D eigenvalue weighted by atomic mass is 19.4. The molecule has 0 bridgehead atoms. The van der Waals surface area contributed by atoms with Crippen molar-refractivity contribution in [3.63, 3.8) is 0 Å². The number of rotatable bonds is 3. The number of ether oxygens (including phenoxy) is 2. The predicted molar refractivity (Wildman–Crippen MR) is 77.8 cm³/mol. The van der Waals surface area contributed by atoms with E-state index in [4.69, 9.17) is 10.5 Å². The van der Waals surface area contributed by atoms with E-state index in [-0.39, 0.29) is 11.7 Å². The van der Waals surface area contributed by atoms with Crippen LogP contribution in [0.2, 0.25) is 0 Å². The predicted octanol–water partition coefficient (Wildman–Crippen LogP) is 3.38. The first-order valence-electron chi connectivity index (χ1n) is 7.20. The molecule has 8 heteroatoms. The van der Waals surface area contributed by atoms with Crippen molar-refractivity contribution in [2.75, 3.05) is 18.9 Å². The van der Waals surface area contributed by atoms with Gasteiger partial charge in [0.05, 0.1) is 17.9 Å². The molecule has 23 heavy (non-hydrogen) atoms. The quantitative estimate of drug-likeness (QED) is 0.878. The lowest BCUT2D eigenvalue weighted by molar-refractivity contribution is -0.274. The largest absolute Gasteiger partial charge is 0.573 e. The minimum atomic E-state index is -4.76. The van der Waals surface area contributed by atoms with E-state index in [1.54, 1.807) is 6.20 Å². The highest BCUT2D eigenvalue weighted by Gasteiger charge is 2.32. The fourth-order valence-corrected chi connectivity index (χ4v) is 2.58. The number of aromatic nitrogens is 2. The number of nitrogens with zero attached hydrogens (tertiary/aromatic N) is 2. The summed E-state index contributed by atoms with van der Waals surface area (Å²) in [5, 5.41) is 4.34. The third-order valence-electron chi connectivity index (χ3n) is 3.74. The maximum atomic E-state index is 12.3. The van der Waals surface area contributed by atoms with Crippen LogP contribution in [0.3, 0.4) is 0 Å². The first-order valence-corrected chi connectivity index (χ1v) is 7.20. The SMILES string of the molecule is Nc1cc(-c2cnn(C3CCOCC3)c2)ccc1OC(F)(F)F. The van der Waals surface area contributed by atoms with E-state index in [0.29, 0.717) is 18.8 Å². The Morgan fingerprint density at radius 1 is 1.22 bits per heavy atom. The van der Waals surface area contributed by atoms with E-state index in [0.717, 1.165) is 18.4 Å². The Hall–Kier alpha value is -2.22. The van der Waals surface area contributed by atoms with Gasteiger partial charge in [-0.15, -0.1) is 13.2 Å². The highest BCUT2D eigenvalue weighted by molar-refractivity contribution is 5.69. The Labute approximate surface area is 130 Å². The third kappa shape index (κ3) is 3.76. The fraction of sp³-hybridized carbons (Fsp3) is 0.400. The maximum absolute atomic E-state index is 12.3. The average molecular weight is 327 g/mol. The summed E-state index contributed by atoms with van der Waals surface area (Å²) in [6, 6.07) is 4.47. The summed E-state index contributed by atoms with van der Waals surface area (Å²) in [7, 11) is 0. The van der Waals surface area contributed by atoms with Gasteiger partial charge in [-0.3, -0.25) is 4.68 Å². The molecule has 0 aliphatic carbocycles. The zero-order chi connectivity index (χ0) is 16.4. The van der Waals surface area contributed by atoms with Crippen molar-refractivity contribution in [1.29, 1.82) is 0 Å². The lowest BCUT2D eigenvalue weighted by atomic mass is 10.1. The first-order chi connectivity index (χ1) is 10.9. The molecule has 0 unspecified atom stereocenters. The van der Waals surface area contributed by atoms with E-state index in [1.807, 2.05) is 10.9 Å². The molecule has 3 rings (SSSR count). The smallest absolute Gasteiger partial charge is 0.404 e. The maximum Gasteiger partial charge on any atom is 0.573 e. The van der Waals surface area contributed by atoms with Gasteiger partial charge in [0.15, 0.2) is 5.75 Å². The minimum Gasteiger partial charge on any atom is -0.404 e. The van der Waals surface area contributed by atoms with Crippen molar-refractivity contribution in [3.05, 3.63) is 30.6 Å². The number of hydrogen-bond acceptors (Lipinski definition) is 4. The number of alkyl halides is 3. The van der Waals surface area contributed by atoms with Crippen molar-refractivity contribution >= 4 is 5.69 Å². The Kier molecular flexibility index (Phi) is 4.16. The molecule has 1 aromatic carbocycles. The van der Waals surface area contributed by atoms with Gasteiger partial charge in [-0.25, -0.2) is 0 Å². The van der Waals surface area contributed by atoms with Crippen LogP contribution in [-0.4, -0.2) is 29.4 Å². The topological polar surface area (TPSA) is 62.3 Å². The average Bonchev–Trinajstić information content (AvgIpc) is 2.99. The number of benzene rings is 1. The van der Waals surface area contributed by atoms with Crippen molar-refractivity contribution in [1.82, 2.24) is 9.78 Å². The van der Waals surface area contributed by atoms with E-state index < -0.39 is 12.1 Å². The van der Waals surface area contributed by atoms with Gasteiger partial charge < -0.3 is 15.2 Å². The van der Waals surface area contributed by atoms with Gasteiger partial charge in [0, 0.05) is 25.0 Å². The van der Waals surface area contributed by atoms with Gasteiger partial charge in [0.25, 0.3) is 0 Å². The van der Waals surface area contributed by atoms with Gasteiger partial charge in [0.1, 0.15) is 0 Å². The molecule has 5 nitrogen and oxygen atoms in total. The molecule has 1 aromatic heterocycles. The Morgan fingerprint density at radius 2 is 1.96 bits per heavy atom. The number of nitrogens with two attached hydrogens (primary N) is 1. The third-order valence-corrected chi connectivity index (χ3v) is 3.74. The minimum absolute atomic E-state index is 0.0707. The van der Waals surface area contributed by atoms with Crippen LogP contribution in [0, 0.1) is 0 Å². The molecule has 124 valence electrons. The van der Waals surface area contributed by atoms with Crippen LogP contribution in [-0.2, 0) is 4.74 Å². The Bertz CT molecular complexity index is 679. The first kappa shape index (κ1) is 15.7. The molecule has 2 heterocycles. The van der Waals surface area contributed by atoms with Gasteiger partial charge in [-0.1, -0.05) is 6.07 Å². The molecule has 2 aromatic rings. The van der Waals surface area contributed by atoms with E-state index in [9.17, 15) is 13.2 Å². The van der Waals surface area contributed by atoms with Crippen LogP contribution in [0.4, 0.5) is 18.9 Å². The number of nitrogen functional groups attached to an aromatic ring is 1. The van der Waals surface area contributed by atoms with Gasteiger partial charge >= 0.3 is 6.36 Å². The second-order valence-electron chi connectivity index (χ2n) is 5.35. The molecular formula is C15H16F3N3O2. The van der Waals surface area contributed by atoms with Crippen LogP contribution in [0.5, 0.6) is 5.75 Å². The zero-order valence-electron chi connectivity index (χ0n) is 12.2. The second kappa shape index (κ2) is 6.11. The lowest BCUT2D eigenvalue weighted by Crippen LogP contribution is -2.19. The number of hydrogen-bond donors (Lipinski definition) is 1. The van der Waals surface area contributed by atoms with Crippen LogP contribution in [0.15, 0.2) is 30.6 Å². The molecule has 0 spiro atoms. The Morgan fingerprint density at radius 3 is 2.61 bits per heavy atom. The van der Waals surface area contributed by atoms with Gasteiger partial charge in [-0.2, -0.15) is 5.10 Å². The second-order valence-corrected chi connectivity index (χ2v) is 5.35. The molecule has 1 aliphatic rings. The summed E-state index contributed by atoms with van der Waals surface area (Å²) in [5.41, 5.74) is 7.06. The van der Waals surface area contributed by atoms with Crippen LogP contribution in [0.25, 0.3) is 11.1 Å². The molecule has 2 N–H and O–H groups in total. The monoisotopic (exact) mass is 327 g/mol. The summed E-state index contributed by atoms with van der Waals surface area (Å²) in [6.45, 7) is 1.41. The van der Waals surface area contributed by atoms with Gasteiger partial charge in [0.2, 0.25) is 0 Å². The molecule has 0 amide bonds. The summed E-state index contributed by atoms with van der Waals surface area (Å²) in [5.74, 6) is -0.405. The molecule has 0 saturated carbocycles. The number of anilines is 1. The molecule has 0 radical (unpaired) electrons. The number of halogens is 3. The molecule has 1 aliphatic heterocycles. The zero-order valence-corrected chi connectivity index (χ0v) is 12.2. The fourth-order valence-electron chi connectivity index (χ4n) is 2.58. The van der Waals surface area contributed by atoms with Crippen LogP contribution >= 0.6 is 0 Å². The molecule has 0 atom stereocenters. The van der Waals surface area contributed by atoms with Crippen LogP contribution in [0.1, 0.15) is 18.9 Å². The molecule has 1 saturated heterocycles. The lowest BCUT2D eigenvalue weighted by Gasteiger charge is -2.22. The van der Waals surface area contributed by atoms with Crippen molar-refractivity contribution < 1.29 is 22.6 Å². The van der Waals surface area contributed by atoms with Crippen molar-refractivity contribution in [2.45, 2.75) is 25.2 Å². The van der Waals surface area contributed by atoms with E-state index in [2.05, 4.69) is 9.84 Å². The van der Waals surface area contributed by atoms with E-state index in [1.165, 1.54) is 18.2 Å². The summed E-state index contributed by atoms with van der Waals surface area (Å²) in [4.78, 5) is 0. The van der Waals surface area contributed by atoms with Crippen LogP contribution < -0.4 is 10.5 Å². The standard InChI is InChI=1S/C15H16F3N3O2/c16-15(17,18)23-14-2-1-10(7-13(14)19)11-8-20-21(9-11)12-3-5-22-6-4-12/h1-2,7-9,12H,3-6,19H2. The Balaban J connectivity index is 1.79. The summed E-state index contributed by atoms with van der Waals surface area (Å²) >= 11 is 0. The van der Waals surface area contributed by atoms with Crippen molar-refractivity contribution in [2.24, 2.45) is 0 Å². The van der Waals surface area contributed by atoms with Crippen molar-refractivity contribution in [3.8, 4) is 16.9 Å². The molecular weight excluding hydrogens is 311 g/mol. The van der Waals surface area contributed by atoms with Gasteiger partial charge in [-0.05, 0) is 30.5 Å². The van der Waals surface area contributed by atoms with E-state index >= 15 is 0 Å². The molecule has 1 fully saturated rings.